The zero-order valence-corrected chi connectivity index (χ0v) is 19.0. The number of benzene rings is 1. The fraction of sp³-hybridized carbons (Fsp3) is 0.682. The van der Waals surface area contributed by atoms with E-state index >= 15 is 0 Å². The second kappa shape index (κ2) is 10.6. The number of carbonyl (C=O) groups excluding carboxylic acids is 1. The lowest BCUT2D eigenvalue weighted by Crippen LogP contribution is -2.40. The summed E-state index contributed by atoms with van der Waals surface area (Å²) in [5.41, 5.74) is 0.307. The van der Waals surface area contributed by atoms with Crippen molar-refractivity contribution < 1.29 is 17.9 Å². The van der Waals surface area contributed by atoms with Crippen molar-refractivity contribution in [2.75, 3.05) is 39.8 Å². The third-order valence-corrected chi connectivity index (χ3v) is 7.70. The highest BCUT2D eigenvalue weighted by Crippen LogP contribution is 2.25. The van der Waals surface area contributed by atoms with Crippen LogP contribution in [0.5, 0.6) is 5.75 Å². The summed E-state index contributed by atoms with van der Waals surface area (Å²) < 4.78 is 33.6. The molecule has 2 aliphatic rings. The van der Waals surface area contributed by atoms with E-state index in [0.717, 1.165) is 38.8 Å². The van der Waals surface area contributed by atoms with Gasteiger partial charge in [0.15, 0.2) is 0 Å². The van der Waals surface area contributed by atoms with Gasteiger partial charge in [-0.3, -0.25) is 4.79 Å². The molecule has 2 fully saturated rings. The van der Waals surface area contributed by atoms with Crippen LogP contribution in [-0.2, 0) is 10.0 Å². The Bertz CT molecular complexity index is 822. The number of amides is 1. The van der Waals surface area contributed by atoms with Crippen LogP contribution in [0.2, 0.25) is 0 Å². The van der Waals surface area contributed by atoms with Gasteiger partial charge in [0, 0.05) is 25.7 Å². The van der Waals surface area contributed by atoms with Crippen molar-refractivity contribution in [3.63, 3.8) is 0 Å². The smallest absolute Gasteiger partial charge is 0.257 e. The maximum Gasteiger partial charge on any atom is 0.257 e. The monoisotopic (exact) mass is 437 g/mol. The quantitative estimate of drug-likeness (QED) is 0.601. The van der Waals surface area contributed by atoms with Crippen LogP contribution in [-0.4, -0.2) is 70.0 Å². The molecule has 2 saturated heterocycles. The average molecular weight is 438 g/mol. The Morgan fingerprint density at radius 3 is 2.60 bits per heavy atom. The number of carbonyl (C=O) groups is 1. The Kier molecular flexibility index (Phi) is 8.13. The molecule has 0 aromatic heterocycles. The molecule has 0 saturated carbocycles. The zero-order chi connectivity index (χ0) is 21.6. The number of rotatable bonds is 9. The van der Waals surface area contributed by atoms with Gasteiger partial charge in [-0.1, -0.05) is 13.3 Å². The van der Waals surface area contributed by atoms with Crippen molar-refractivity contribution in [2.24, 2.45) is 0 Å². The Labute approximate surface area is 180 Å². The maximum atomic E-state index is 12.8. The summed E-state index contributed by atoms with van der Waals surface area (Å²) >= 11 is 0. The van der Waals surface area contributed by atoms with Gasteiger partial charge in [-0.2, -0.15) is 0 Å². The van der Waals surface area contributed by atoms with Crippen molar-refractivity contribution >= 4 is 15.9 Å². The van der Waals surface area contributed by atoms with Gasteiger partial charge in [-0.15, -0.1) is 0 Å². The summed E-state index contributed by atoms with van der Waals surface area (Å²) in [4.78, 5) is 17.2. The van der Waals surface area contributed by atoms with Crippen molar-refractivity contribution in [1.29, 1.82) is 0 Å². The summed E-state index contributed by atoms with van der Waals surface area (Å²) in [6.07, 6.45) is 7.62. The highest BCUT2D eigenvalue weighted by atomic mass is 32.2. The van der Waals surface area contributed by atoms with E-state index in [4.69, 9.17) is 4.74 Å². The number of methoxy groups -OCH3 is 1. The molecule has 1 amide bonds. The lowest BCUT2D eigenvalue weighted by atomic mass is 10.00. The molecule has 2 aliphatic heterocycles. The highest BCUT2D eigenvalue weighted by Gasteiger charge is 2.25. The molecule has 3 rings (SSSR count). The normalized spacial score (nSPS) is 20.5. The van der Waals surface area contributed by atoms with Gasteiger partial charge in [-0.25, -0.2) is 13.1 Å². The van der Waals surface area contributed by atoms with Gasteiger partial charge in [0.1, 0.15) is 5.75 Å². The van der Waals surface area contributed by atoms with Crippen molar-refractivity contribution in [3.8, 4) is 5.75 Å². The van der Waals surface area contributed by atoms with Crippen LogP contribution in [0.3, 0.4) is 0 Å². The minimum absolute atomic E-state index is 0.107. The second-order valence-corrected chi connectivity index (χ2v) is 9.97. The average Bonchev–Trinajstić information content (AvgIpc) is 3.31. The van der Waals surface area contributed by atoms with Crippen LogP contribution < -0.4 is 9.46 Å². The fourth-order valence-electron chi connectivity index (χ4n) is 4.50. The zero-order valence-electron chi connectivity index (χ0n) is 18.2. The second-order valence-electron chi connectivity index (χ2n) is 8.21. The molecule has 168 valence electrons. The van der Waals surface area contributed by atoms with Crippen LogP contribution >= 0.6 is 0 Å². The van der Waals surface area contributed by atoms with Crippen molar-refractivity contribution in [1.82, 2.24) is 14.5 Å². The number of piperidine rings is 1. The largest absolute Gasteiger partial charge is 0.496 e. The maximum absolute atomic E-state index is 12.8. The number of hydrogen-bond acceptors (Lipinski definition) is 5. The Morgan fingerprint density at radius 1 is 1.17 bits per heavy atom. The molecule has 1 aromatic carbocycles. The third-order valence-electron chi connectivity index (χ3n) is 6.24. The lowest BCUT2D eigenvalue weighted by molar-refractivity contribution is 0.0789. The van der Waals surface area contributed by atoms with E-state index in [1.54, 1.807) is 11.0 Å². The molecule has 0 aliphatic carbocycles. The molecule has 8 heteroatoms. The molecular formula is C22H35N3O4S. The Balaban J connectivity index is 1.62. The van der Waals surface area contributed by atoms with E-state index in [-0.39, 0.29) is 10.8 Å². The van der Waals surface area contributed by atoms with Crippen LogP contribution in [0.25, 0.3) is 0 Å². The number of hydrogen-bond donors (Lipinski definition) is 1. The standard InChI is InChI=1S/C22H35N3O4S/c1-3-18-9-4-5-13-24(18)16-8-12-23-30(27,28)19-10-11-21(29-2)20(17-19)22(26)25-14-6-7-15-25/h10-11,17-18,23H,3-9,12-16H2,1-2H3/t18-/m1/s1. The van der Waals surface area contributed by atoms with E-state index in [2.05, 4.69) is 16.5 Å². The van der Waals surface area contributed by atoms with Gasteiger partial charge in [0.25, 0.3) is 5.91 Å². The summed E-state index contributed by atoms with van der Waals surface area (Å²) in [6.45, 7) is 6.01. The molecule has 30 heavy (non-hydrogen) atoms. The molecule has 0 bridgehead atoms. The van der Waals surface area contributed by atoms with Gasteiger partial charge < -0.3 is 14.5 Å². The first-order valence-electron chi connectivity index (χ1n) is 11.2. The van der Waals surface area contributed by atoms with E-state index < -0.39 is 10.0 Å². The Hall–Kier alpha value is -1.64. The minimum Gasteiger partial charge on any atom is -0.496 e. The predicted octanol–water partition coefficient (Wildman–Crippen LogP) is 2.86. The van der Waals surface area contributed by atoms with E-state index in [9.17, 15) is 13.2 Å². The Morgan fingerprint density at radius 2 is 1.90 bits per heavy atom. The first-order valence-corrected chi connectivity index (χ1v) is 12.7. The fourth-order valence-corrected chi connectivity index (χ4v) is 5.60. The van der Waals surface area contributed by atoms with Crippen LogP contribution in [0.4, 0.5) is 0 Å². The molecule has 0 spiro atoms. The van der Waals surface area contributed by atoms with Gasteiger partial charge in [0.2, 0.25) is 10.0 Å². The topological polar surface area (TPSA) is 79.0 Å². The number of nitrogens with one attached hydrogen (secondary N) is 1. The van der Waals surface area contributed by atoms with Crippen LogP contribution in [0, 0.1) is 0 Å². The lowest BCUT2D eigenvalue weighted by Gasteiger charge is -2.35. The summed E-state index contributed by atoms with van der Waals surface area (Å²) in [6, 6.07) is 5.13. The molecule has 0 radical (unpaired) electrons. The summed E-state index contributed by atoms with van der Waals surface area (Å²) in [7, 11) is -2.19. The van der Waals surface area contributed by atoms with E-state index in [0.29, 0.717) is 37.0 Å². The van der Waals surface area contributed by atoms with Crippen LogP contribution in [0.1, 0.15) is 62.2 Å². The molecule has 0 unspecified atom stereocenters. The molecule has 1 aromatic rings. The first-order chi connectivity index (χ1) is 14.5. The summed E-state index contributed by atoms with van der Waals surface area (Å²) in [5.74, 6) is 0.235. The van der Waals surface area contributed by atoms with Gasteiger partial charge in [-0.05, 0) is 69.8 Å². The predicted molar refractivity (Wildman–Crippen MR) is 117 cm³/mol. The number of nitrogens with zero attached hydrogens (tertiary/aromatic N) is 2. The number of ether oxygens (including phenoxy) is 1. The third kappa shape index (κ3) is 5.53. The van der Waals surface area contributed by atoms with Gasteiger partial charge in [0.05, 0.1) is 17.6 Å². The van der Waals surface area contributed by atoms with E-state index in [1.165, 1.54) is 38.5 Å². The molecule has 1 atom stereocenters. The van der Waals surface area contributed by atoms with Crippen molar-refractivity contribution in [3.05, 3.63) is 23.8 Å². The first kappa shape index (κ1) is 23.0. The molecule has 2 heterocycles. The highest BCUT2D eigenvalue weighted by molar-refractivity contribution is 7.89. The van der Waals surface area contributed by atoms with Gasteiger partial charge >= 0.3 is 0 Å². The minimum atomic E-state index is -3.68. The molecular weight excluding hydrogens is 402 g/mol. The van der Waals surface area contributed by atoms with Crippen molar-refractivity contribution in [2.45, 2.75) is 62.8 Å². The SMILES string of the molecule is CC[C@@H]1CCCCN1CCCNS(=O)(=O)c1ccc(OC)c(C(=O)N2CCCC2)c1. The van der Waals surface area contributed by atoms with E-state index in [1.807, 2.05) is 0 Å². The number of sulfonamides is 1. The molecule has 1 N–H and O–H groups in total. The van der Waals surface area contributed by atoms with Crippen LogP contribution in [0.15, 0.2) is 23.1 Å². The number of likely N-dealkylation sites (tertiary alicyclic amines) is 2. The molecule has 7 nitrogen and oxygen atoms in total. The summed E-state index contributed by atoms with van der Waals surface area (Å²) in [5, 5.41) is 0.